The van der Waals surface area contributed by atoms with Gasteiger partial charge in [0.25, 0.3) is 5.91 Å². The van der Waals surface area contributed by atoms with Crippen LogP contribution in [0, 0.1) is 18.8 Å². The van der Waals surface area contributed by atoms with Gasteiger partial charge in [-0.15, -0.1) is 0 Å². The molecule has 2 aromatic carbocycles. The lowest BCUT2D eigenvalue weighted by Crippen LogP contribution is -2.47. The SMILES string of the molecule is Cc1c(-c2ccccc2)oc2c(C(=O)NC3CCC3C3CC3)cccc2c1=O. The minimum Gasteiger partial charge on any atom is -0.455 e. The maximum Gasteiger partial charge on any atom is 0.255 e. The Bertz CT molecular complexity index is 1110. The lowest BCUT2D eigenvalue weighted by molar-refractivity contribution is 0.0860. The summed E-state index contributed by atoms with van der Waals surface area (Å²) in [5, 5.41) is 3.64. The highest BCUT2D eigenvalue weighted by Crippen LogP contribution is 2.47. The molecule has 4 nitrogen and oxygen atoms in total. The van der Waals surface area contributed by atoms with Crippen LogP contribution >= 0.6 is 0 Å². The molecule has 1 amide bonds. The molecular weight excluding hydrogens is 350 g/mol. The van der Waals surface area contributed by atoms with Crippen molar-refractivity contribution in [2.24, 2.45) is 11.8 Å². The normalized spacial score (nSPS) is 21.3. The van der Waals surface area contributed by atoms with E-state index in [0.29, 0.717) is 33.8 Å². The topological polar surface area (TPSA) is 59.3 Å². The summed E-state index contributed by atoms with van der Waals surface area (Å²) in [7, 11) is 0. The third-order valence-corrected chi connectivity index (χ3v) is 6.30. The van der Waals surface area contributed by atoms with Crippen LogP contribution in [0.2, 0.25) is 0 Å². The number of hydrogen-bond donors (Lipinski definition) is 1. The summed E-state index contributed by atoms with van der Waals surface area (Å²) in [6, 6.07) is 15.1. The molecule has 3 aromatic rings. The highest BCUT2D eigenvalue weighted by atomic mass is 16.3. The van der Waals surface area contributed by atoms with Crippen molar-refractivity contribution in [3.05, 3.63) is 69.9 Å². The Morgan fingerprint density at radius 3 is 2.46 bits per heavy atom. The highest BCUT2D eigenvalue weighted by molar-refractivity contribution is 6.05. The Labute approximate surface area is 163 Å². The van der Waals surface area contributed by atoms with Crippen molar-refractivity contribution in [1.82, 2.24) is 5.32 Å². The van der Waals surface area contributed by atoms with Crippen LogP contribution in [-0.4, -0.2) is 11.9 Å². The first-order chi connectivity index (χ1) is 13.6. The number of nitrogens with one attached hydrogen (secondary N) is 1. The first-order valence-corrected chi connectivity index (χ1v) is 10.1. The molecule has 2 unspecified atom stereocenters. The van der Waals surface area contributed by atoms with Gasteiger partial charge in [0.1, 0.15) is 5.76 Å². The number of carbonyl (C=O) groups is 1. The van der Waals surface area contributed by atoms with Crippen LogP contribution < -0.4 is 10.7 Å². The smallest absolute Gasteiger partial charge is 0.255 e. The zero-order valence-electron chi connectivity index (χ0n) is 15.9. The van der Waals surface area contributed by atoms with E-state index in [2.05, 4.69) is 5.32 Å². The maximum absolute atomic E-state index is 13.0. The van der Waals surface area contributed by atoms with Gasteiger partial charge < -0.3 is 9.73 Å². The number of hydrogen-bond acceptors (Lipinski definition) is 3. The number of fused-ring (bicyclic) bond motifs is 1. The summed E-state index contributed by atoms with van der Waals surface area (Å²) >= 11 is 0. The van der Waals surface area contributed by atoms with Crippen molar-refractivity contribution in [1.29, 1.82) is 0 Å². The first kappa shape index (κ1) is 17.2. The van der Waals surface area contributed by atoms with Crippen LogP contribution in [0.15, 0.2) is 57.7 Å². The molecule has 142 valence electrons. The van der Waals surface area contributed by atoms with Gasteiger partial charge in [-0.2, -0.15) is 0 Å². The van der Waals surface area contributed by atoms with Gasteiger partial charge in [0.2, 0.25) is 0 Å². The Kier molecular flexibility index (Phi) is 4.08. The molecule has 28 heavy (non-hydrogen) atoms. The zero-order valence-corrected chi connectivity index (χ0v) is 15.9. The lowest BCUT2D eigenvalue weighted by Gasteiger charge is -2.37. The van der Waals surface area contributed by atoms with Crippen LogP contribution in [0.3, 0.4) is 0 Å². The molecule has 2 atom stereocenters. The second kappa shape index (κ2) is 6.62. The molecule has 2 saturated carbocycles. The Balaban J connectivity index is 1.56. The van der Waals surface area contributed by atoms with Crippen molar-refractivity contribution in [3.8, 4) is 11.3 Å². The van der Waals surface area contributed by atoms with Crippen LogP contribution in [0.4, 0.5) is 0 Å². The minimum atomic E-state index is -0.146. The molecule has 0 spiro atoms. The molecule has 0 saturated heterocycles. The van der Waals surface area contributed by atoms with Crippen molar-refractivity contribution < 1.29 is 9.21 Å². The van der Waals surface area contributed by atoms with Crippen molar-refractivity contribution in [2.45, 2.75) is 38.6 Å². The third-order valence-electron chi connectivity index (χ3n) is 6.30. The third kappa shape index (κ3) is 2.84. The summed E-state index contributed by atoms with van der Waals surface area (Å²) in [6.45, 7) is 1.77. The number of amides is 1. The molecule has 0 bridgehead atoms. The van der Waals surface area contributed by atoms with Gasteiger partial charge in [-0.05, 0) is 56.6 Å². The molecule has 2 aliphatic rings. The first-order valence-electron chi connectivity index (χ1n) is 10.1. The Hall–Kier alpha value is -2.88. The highest BCUT2D eigenvalue weighted by Gasteiger charge is 2.42. The second-order valence-electron chi connectivity index (χ2n) is 8.09. The van der Waals surface area contributed by atoms with E-state index in [9.17, 15) is 9.59 Å². The number of para-hydroxylation sites is 1. The van der Waals surface area contributed by atoms with E-state index in [0.717, 1.165) is 17.9 Å². The molecule has 1 N–H and O–H groups in total. The Morgan fingerprint density at radius 1 is 1.00 bits per heavy atom. The molecule has 2 fully saturated rings. The fraction of sp³-hybridized carbons (Fsp3) is 0.333. The predicted molar refractivity (Wildman–Crippen MR) is 109 cm³/mol. The molecule has 2 aliphatic carbocycles. The number of rotatable bonds is 4. The van der Waals surface area contributed by atoms with Gasteiger partial charge in [-0.25, -0.2) is 0 Å². The van der Waals surface area contributed by atoms with Gasteiger partial charge in [0.15, 0.2) is 11.0 Å². The zero-order chi connectivity index (χ0) is 19.3. The lowest BCUT2D eigenvalue weighted by atomic mass is 9.76. The molecule has 4 heteroatoms. The Morgan fingerprint density at radius 2 is 1.79 bits per heavy atom. The second-order valence-corrected chi connectivity index (χ2v) is 8.09. The largest absolute Gasteiger partial charge is 0.455 e. The van der Waals surface area contributed by atoms with Crippen LogP contribution in [0.5, 0.6) is 0 Å². The standard InChI is InChI=1S/C24H23NO3/c1-14-21(26)18-8-5-9-19(23(18)28-22(14)16-6-3-2-4-7-16)24(27)25-20-13-12-17(20)15-10-11-15/h2-9,15,17,20H,10-13H2,1H3,(H,25,27). The van der Waals surface area contributed by atoms with E-state index < -0.39 is 0 Å². The van der Waals surface area contributed by atoms with Gasteiger partial charge in [-0.1, -0.05) is 36.4 Å². The van der Waals surface area contributed by atoms with Gasteiger partial charge in [0.05, 0.1) is 10.9 Å². The fourth-order valence-corrected chi connectivity index (χ4v) is 4.39. The van der Waals surface area contributed by atoms with E-state index in [-0.39, 0.29) is 17.4 Å². The predicted octanol–water partition coefficient (Wildman–Crippen LogP) is 4.69. The van der Waals surface area contributed by atoms with Gasteiger partial charge in [-0.3, -0.25) is 9.59 Å². The maximum atomic E-state index is 13.0. The van der Waals surface area contributed by atoms with Crippen molar-refractivity contribution in [2.75, 3.05) is 0 Å². The quantitative estimate of drug-likeness (QED) is 0.722. The average molecular weight is 373 g/mol. The van der Waals surface area contributed by atoms with Gasteiger partial charge in [0, 0.05) is 17.2 Å². The van der Waals surface area contributed by atoms with Crippen LogP contribution in [-0.2, 0) is 0 Å². The minimum absolute atomic E-state index is 0.0887. The molecular formula is C24H23NO3. The van der Waals surface area contributed by atoms with E-state index in [1.807, 2.05) is 30.3 Å². The summed E-state index contributed by atoms with van der Waals surface area (Å²) in [6.07, 6.45) is 4.83. The molecule has 1 aromatic heterocycles. The van der Waals surface area contributed by atoms with E-state index >= 15 is 0 Å². The van der Waals surface area contributed by atoms with Crippen molar-refractivity contribution in [3.63, 3.8) is 0 Å². The van der Waals surface area contributed by atoms with E-state index in [1.54, 1.807) is 25.1 Å². The van der Waals surface area contributed by atoms with Gasteiger partial charge >= 0.3 is 0 Å². The van der Waals surface area contributed by atoms with Crippen LogP contribution in [0.1, 0.15) is 41.6 Å². The average Bonchev–Trinajstić information content (AvgIpc) is 3.52. The molecule has 1 heterocycles. The fourth-order valence-electron chi connectivity index (χ4n) is 4.39. The summed E-state index contributed by atoms with van der Waals surface area (Å²) in [4.78, 5) is 26.0. The van der Waals surface area contributed by atoms with E-state index in [4.69, 9.17) is 4.42 Å². The summed E-state index contributed by atoms with van der Waals surface area (Å²) < 4.78 is 6.17. The molecule has 5 rings (SSSR count). The van der Waals surface area contributed by atoms with E-state index in [1.165, 1.54) is 19.3 Å². The van der Waals surface area contributed by atoms with Crippen LogP contribution in [0.25, 0.3) is 22.3 Å². The number of benzene rings is 2. The monoisotopic (exact) mass is 373 g/mol. The molecule has 0 aliphatic heterocycles. The summed E-state index contributed by atoms with van der Waals surface area (Å²) in [5.74, 6) is 1.79. The number of carbonyl (C=O) groups excluding carboxylic acids is 1. The van der Waals surface area contributed by atoms with Crippen molar-refractivity contribution >= 4 is 16.9 Å². The summed E-state index contributed by atoms with van der Waals surface area (Å²) in [5.41, 5.74) is 2.12. The molecule has 0 radical (unpaired) electrons.